The number of phosphoric acid groups is 2. The average Bonchev–Trinajstić information content (AvgIpc) is 2.07. The van der Waals surface area contributed by atoms with Crippen LogP contribution in [0, 0.1) is 0 Å². The van der Waals surface area contributed by atoms with E-state index in [1.54, 1.807) is 0 Å². The summed E-state index contributed by atoms with van der Waals surface area (Å²) in [5, 5.41) is 0. The predicted octanol–water partition coefficient (Wildman–Crippen LogP) is 0.122. The topological polar surface area (TPSA) is 143 Å². The Bertz CT molecular complexity index is 330. The van der Waals surface area contributed by atoms with Crippen LogP contribution in [0.3, 0.4) is 0 Å². The van der Waals surface area contributed by atoms with Crippen LogP contribution in [0.4, 0.5) is 0 Å². The number of hydrogen-bond acceptors (Lipinski definition) is 5. The van der Waals surface area contributed by atoms with Crippen LogP contribution >= 0.6 is 15.6 Å². The quantitative estimate of drug-likeness (QED) is 0.278. The maximum absolute atomic E-state index is 10.6. The van der Waals surface area contributed by atoms with E-state index in [9.17, 15) is 9.13 Å². The summed E-state index contributed by atoms with van der Waals surface area (Å²) < 4.78 is 34.3. The monoisotopic (exact) mass is 292 g/mol. The highest BCUT2D eigenvalue weighted by Crippen LogP contribution is 2.42. The van der Waals surface area contributed by atoms with E-state index < -0.39 is 28.0 Å². The standard InChI is InChI=1S/C6H14O9P2/c1-3-4-13-6(15-17(10,11)12)5(2)14-16(7,8)9/h3,5-6H,1,4H2,2H3,(H2,7,8,9)(H2,10,11,12). The molecule has 0 aliphatic rings. The van der Waals surface area contributed by atoms with Crippen LogP contribution in [0.2, 0.25) is 0 Å². The van der Waals surface area contributed by atoms with Crippen molar-refractivity contribution in [3.63, 3.8) is 0 Å². The van der Waals surface area contributed by atoms with E-state index in [4.69, 9.17) is 24.3 Å². The average molecular weight is 292 g/mol. The van der Waals surface area contributed by atoms with Gasteiger partial charge in [0.15, 0.2) is 6.29 Å². The summed E-state index contributed by atoms with van der Waals surface area (Å²) in [4.78, 5) is 34.2. The van der Waals surface area contributed by atoms with Crippen molar-refractivity contribution in [2.75, 3.05) is 6.61 Å². The molecule has 0 bridgehead atoms. The van der Waals surface area contributed by atoms with E-state index >= 15 is 0 Å². The maximum Gasteiger partial charge on any atom is 0.472 e. The van der Waals surface area contributed by atoms with Gasteiger partial charge in [-0.05, 0) is 6.92 Å². The summed E-state index contributed by atoms with van der Waals surface area (Å²) in [5.41, 5.74) is 0. The molecule has 0 spiro atoms. The van der Waals surface area contributed by atoms with Crippen LogP contribution in [0.25, 0.3) is 0 Å². The Morgan fingerprint density at radius 2 is 1.65 bits per heavy atom. The van der Waals surface area contributed by atoms with Gasteiger partial charge in [0.1, 0.15) is 6.10 Å². The first-order chi connectivity index (χ1) is 7.55. The number of ether oxygens (including phenoxy) is 1. The van der Waals surface area contributed by atoms with E-state index in [1.807, 2.05) is 0 Å². The smallest absolute Gasteiger partial charge is 0.345 e. The maximum atomic E-state index is 10.6. The molecule has 102 valence electrons. The van der Waals surface area contributed by atoms with Gasteiger partial charge in [-0.1, -0.05) is 6.08 Å². The molecular weight excluding hydrogens is 278 g/mol. The Morgan fingerprint density at radius 1 is 1.18 bits per heavy atom. The molecule has 0 aliphatic carbocycles. The summed E-state index contributed by atoms with van der Waals surface area (Å²) >= 11 is 0. The Balaban J connectivity index is 4.61. The first kappa shape index (κ1) is 16.9. The third-order valence-electron chi connectivity index (χ3n) is 1.31. The highest BCUT2D eigenvalue weighted by molar-refractivity contribution is 7.46. The highest BCUT2D eigenvalue weighted by Gasteiger charge is 2.32. The van der Waals surface area contributed by atoms with Crippen molar-refractivity contribution in [2.45, 2.75) is 19.3 Å². The minimum absolute atomic E-state index is 0.139. The normalized spacial score (nSPS) is 16.5. The zero-order valence-electron chi connectivity index (χ0n) is 8.87. The van der Waals surface area contributed by atoms with Gasteiger partial charge in [0.25, 0.3) is 0 Å². The lowest BCUT2D eigenvalue weighted by Gasteiger charge is -2.24. The minimum atomic E-state index is -4.87. The molecule has 0 aliphatic heterocycles. The molecular formula is C6H14O9P2. The molecule has 0 fully saturated rings. The van der Waals surface area contributed by atoms with Gasteiger partial charge < -0.3 is 24.3 Å². The van der Waals surface area contributed by atoms with E-state index in [2.05, 4.69) is 15.6 Å². The highest BCUT2D eigenvalue weighted by atomic mass is 31.2. The van der Waals surface area contributed by atoms with Gasteiger partial charge in [-0.25, -0.2) is 9.13 Å². The molecule has 0 saturated carbocycles. The molecule has 2 unspecified atom stereocenters. The van der Waals surface area contributed by atoms with E-state index in [0.717, 1.165) is 6.92 Å². The SMILES string of the molecule is C=CCOC(OP(=O)(O)O)C(C)OP(=O)(O)O. The second-order valence-electron chi connectivity index (χ2n) is 2.89. The number of hydrogen-bond donors (Lipinski definition) is 4. The van der Waals surface area contributed by atoms with Crippen LogP contribution in [-0.4, -0.2) is 38.6 Å². The molecule has 17 heavy (non-hydrogen) atoms. The molecule has 2 atom stereocenters. The van der Waals surface area contributed by atoms with Crippen LogP contribution in [0.1, 0.15) is 6.92 Å². The molecule has 0 aromatic heterocycles. The van der Waals surface area contributed by atoms with Crippen molar-refractivity contribution in [3.05, 3.63) is 12.7 Å². The van der Waals surface area contributed by atoms with Crippen LogP contribution in [-0.2, 0) is 22.9 Å². The molecule has 9 nitrogen and oxygen atoms in total. The largest absolute Gasteiger partial charge is 0.472 e. The third-order valence-corrected chi connectivity index (χ3v) is 2.40. The molecule has 0 rings (SSSR count). The number of rotatable bonds is 8. The zero-order chi connectivity index (χ0) is 13.7. The minimum Gasteiger partial charge on any atom is -0.345 e. The Hall–Kier alpha value is -0.0800. The van der Waals surface area contributed by atoms with Crippen LogP contribution in [0.15, 0.2) is 12.7 Å². The molecule has 0 aromatic rings. The summed E-state index contributed by atoms with van der Waals surface area (Å²) in [6.07, 6.45) is -1.76. The Kier molecular flexibility index (Phi) is 6.71. The zero-order valence-corrected chi connectivity index (χ0v) is 10.7. The van der Waals surface area contributed by atoms with Crippen molar-refractivity contribution < 1.29 is 42.5 Å². The van der Waals surface area contributed by atoms with E-state index in [0.29, 0.717) is 0 Å². The predicted molar refractivity (Wildman–Crippen MR) is 55.7 cm³/mol. The summed E-state index contributed by atoms with van der Waals surface area (Å²) in [7, 11) is -9.69. The molecule has 11 heteroatoms. The fourth-order valence-electron chi connectivity index (χ4n) is 0.816. The molecule has 0 aromatic carbocycles. The van der Waals surface area contributed by atoms with Crippen molar-refractivity contribution >= 4 is 15.6 Å². The summed E-state index contributed by atoms with van der Waals surface area (Å²) in [5.74, 6) is 0. The van der Waals surface area contributed by atoms with Crippen LogP contribution in [0.5, 0.6) is 0 Å². The summed E-state index contributed by atoms with van der Waals surface area (Å²) in [6.45, 7) is 4.28. The lowest BCUT2D eigenvalue weighted by molar-refractivity contribution is -0.137. The Labute approximate surface area is 97.5 Å². The molecule has 0 saturated heterocycles. The van der Waals surface area contributed by atoms with Gasteiger partial charge in [0.05, 0.1) is 6.61 Å². The first-order valence-corrected chi connectivity index (χ1v) is 7.31. The molecule has 0 heterocycles. The molecule has 4 N–H and O–H groups in total. The van der Waals surface area contributed by atoms with E-state index in [1.165, 1.54) is 6.08 Å². The van der Waals surface area contributed by atoms with Gasteiger partial charge in [-0.2, -0.15) is 0 Å². The van der Waals surface area contributed by atoms with Crippen molar-refractivity contribution in [1.29, 1.82) is 0 Å². The first-order valence-electron chi connectivity index (χ1n) is 4.25. The Morgan fingerprint density at radius 3 is 2.00 bits per heavy atom. The fourth-order valence-corrected chi connectivity index (χ4v) is 1.85. The van der Waals surface area contributed by atoms with E-state index in [-0.39, 0.29) is 6.61 Å². The van der Waals surface area contributed by atoms with Crippen molar-refractivity contribution in [2.24, 2.45) is 0 Å². The lowest BCUT2D eigenvalue weighted by atomic mass is 10.4. The summed E-state index contributed by atoms with van der Waals surface area (Å²) in [6, 6.07) is 0. The van der Waals surface area contributed by atoms with Gasteiger partial charge in [0, 0.05) is 0 Å². The lowest BCUT2D eigenvalue weighted by Crippen LogP contribution is -2.30. The third kappa shape index (κ3) is 9.61. The second-order valence-corrected chi connectivity index (χ2v) is 5.27. The van der Waals surface area contributed by atoms with Gasteiger partial charge in [-0.15, -0.1) is 6.58 Å². The van der Waals surface area contributed by atoms with Crippen LogP contribution < -0.4 is 0 Å². The van der Waals surface area contributed by atoms with Gasteiger partial charge in [0.2, 0.25) is 0 Å². The fraction of sp³-hybridized carbons (Fsp3) is 0.667. The molecule has 0 radical (unpaired) electrons. The number of phosphoric ester groups is 2. The second kappa shape index (κ2) is 6.75. The van der Waals surface area contributed by atoms with Gasteiger partial charge >= 0.3 is 15.6 Å². The molecule has 0 amide bonds. The van der Waals surface area contributed by atoms with Crippen molar-refractivity contribution in [1.82, 2.24) is 0 Å². The van der Waals surface area contributed by atoms with Crippen molar-refractivity contribution in [3.8, 4) is 0 Å². The van der Waals surface area contributed by atoms with Gasteiger partial charge in [-0.3, -0.25) is 9.05 Å².